The molecule has 0 atom stereocenters. The van der Waals surface area contributed by atoms with Gasteiger partial charge in [0.2, 0.25) is 0 Å². The molecule has 1 rings (SSSR count). The number of aryl methyl sites for hydroxylation is 1. The monoisotopic (exact) mass is 237 g/mol. The average molecular weight is 238 g/mol. The van der Waals surface area contributed by atoms with Gasteiger partial charge in [-0.2, -0.15) is 0 Å². The summed E-state index contributed by atoms with van der Waals surface area (Å²) in [7, 11) is 0. The van der Waals surface area contributed by atoms with Gasteiger partial charge in [-0.3, -0.25) is 0 Å². The molecule has 0 bridgehead atoms. The minimum atomic E-state index is 0.621. The molecule has 0 aliphatic heterocycles. The van der Waals surface area contributed by atoms with Crippen LogP contribution < -0.4 is 5.73 Å². The smallest absolute Gasteiger partial charge is 0.0390 e. The maximum Gasteiger partial charge on any atom is 0.0390 e. The standard InChI is InChI=1S/C11H12BrN/c1-9-5-6-11(12)10(8-9)4-2-3-7-13/h5-6,8H,3,7,13H2,1H3. The zero-order valence-corrected chi connectivity index (χ0v) is 9.19. The molecule has 0 fully saturated rings. The van der Waals surface area contributed by atoms with E-state index in [9.17, 15) is 0 Å². The number of hydrogen-bond acceptors (Lipinski definition) is 1. The molecule has 1 aromatic carbocycles. The topological polar surface area (TPSA) is 26.0 Å². The fraction of sp³-hybridized carbons (Fsp3) is 0.273. The summed E-state index contributed by atoms with van der Waals surface area (Å²) in [6, 6.07) is 6.13. The van der Waals surface area contributed by atoms with Gasteiger partial charge < -0.3 is 5.73 Å². The SMILES string of the molecule is Cc1ccc(Br)c(C#CCCN)c1. The molecule has 0 saturated carbocycles. The first-order valence-electron chi connectivity index (χ1n) is 4.19. The van der Waals surface area contributed by atoms with Crippen LogP contribution in [0.2, 0.25) is 0 Å². The molecule has 2 heteroatoms. The molecular weight excluding hydrogens is 226 g/mol. The normalized spacial score (nSPS) is 9.15. The van der Waals surface area contributed by atoms with Gasteiger partial charge in [0.15, 0.2) is 0 Å². The molecule has 0 radical (unpaired) electrons. The Kier molecular flexibility index (Phi) is 4.01. The molecule has 1 aromatic rings. The zero-order valence-electron chi connectivity index (χ0n) is 7.60. The highest BCUT2D eigenvalue weighted by Gasteiger charge is 1.94. The van der Waals surface area contributed by atoms with Gasteiger partial charge in [-0.1, -0.05) is 17.9 Å². The summed E-state index contributed by atoms with van der Waals surface area (Å²) in [6.45, 7) is 2.68. The first-order chi connectivity index (χ1) is 6.24. The predicted octanol–water partition coefficient (Wildman–Crippen LogP) is 2.46. The molecule has 68 valence electrons. The third-order valence-corrected chi connectivity index (χ3v) is 2.31. The van der Waals surface area contributed by atoms with E-state index in [2.05, 4.69) is 46.8 Å². The van der Waals surface area contributed by atoms with Crippen LogP contribution in [0.15, 0.2) is 22.7 Å². The van der Waals surface area contributed by atoms with Crippen LogP contribution in [0.3, 0.4) is 0 Å². The lowest BCUT2D eigenvalue weighted by molar-refractivity contribution is 1.03. The summed E-state index contributed by atoms with van der Waals surface area (Å²) in [6.07, 6.45) is 0.750. The van der Waals surface area contributed by atoms with E-state index < -0.39 is 0 Å². The Morgan fingerprint density at radius 2 is 2.23 bits per heavy atom. The highest BCUT2D eigenvalue weighted by Crippen LogP contribution is 2.16. The van der Waals surface area contributed by atoms with Gasteiger partial charge >= 0.3 is 0 Å². The molecule has 0 saturated heterocycles. The molecule has 0 heterocycles. The van der Waals surface area contributed by atoms with Gasteiger partial charge in [0, 0.05) is 23.0 Å². The summed E-state index contributed by atoms with van der Waals surface area (Å²) < 4.78 is 1.04. The number of nitrogens with two attached hydrogens (primary N) is 1. The summed E-state index contributed by atoms with van der Waals surface area (Å²) in [5.74, 6) is 6.09. The van der Waals surface area contributed by atoms with Crippen molar-refractivity contribution in [2.75, 3.05) is 6.54 Å². The first-order valence-corrected chi connectivity index (χ1v) is 4.98. The summed E-state index contributed by atoms with van der Waals surface area (Å²) >= 11 is 3.45. The van der Waals surface area contributed by atoms with Crippen molar-refractivity contribution in [3.05, 3.63) is 33.8 Å². The third kappa shape index (κ3) is 3.22. The molecule has 0 aromatic heterocycles. The van der Waals surface area contributed by atoms with Gasteiger partial charge in [0.25, 0.3) is 0 Å². The maximum absolute atomic E-state index is 5.35. The van der Waals surface area contributed by atoms with Gasteiger partial charge in [0.1, 0.15) is 0 Å². The second kappa shape index (κ2) is 5.06. The van der Waals surface area contributed by atoms with Crippen LogP contribution in [0, 0.1) is 18.8 Å². The molecule has 0 aliphatic rings. The van der Waals surface area contributed by atoms with E-state index in [-0.39, 0.29) is 0 Å². The Hall–Kier alpha value is -0.780. The van der Waals surface area contributed by atoms with E-state index in [1.165, 1.54) is 5.56 Å². The summed E-state index contributed by atoms with van der Waals surface area (Å²) in [4.78, 5) is 0. The van der Waals surface area contributed by atoms with E-state index in [1.54, 1.807) is 0 Å². The number of halogens is 1. The predicted molar refractivity (Wildman–Crippen MR) is 59.4 cm³/mol. The fourth-order valence-corrected chi connectivity index (χ4v) is 1.31. The van der Waals surface area contributed by atoms with Crippen molar-refractivity contribution in [1.82, 2.24) is 0 Å². The second-order valence-corrected chi connectivity index (χ2v) is 3.68. The van der Waals surface area contributed by atoms with E-state index in [4.69, 9.17) is 5.73 Å². The molecule has 0 unspecified atom stereocenters. The van der Waals surface area contributed by atoms with Gasteiger partial charge in [-0.25, -0.2) is 0 Å². The zero-order chi connectivity index (χ0) is 9.68. The highest BCUT2D eigenvalue weighted by molar-refractivity contribution is 9.10. The van der Waals surface area contributed by atoms with Gasteiger partial charge in [0.05, 0.1) is 0 Å². The highest BCUT2D eigenvalue weighted by atomic mass is 79.9. The van der Waals surface area contributed by atoms with E-state index in [0.717, 1.165) is 16.5 Å². The van der Waals surface area contributed by atoms with Crippen LogP contribution in [0.5, 0.6) is 0 Å². The van der Waals surface area contributed by atoms with E-state index in [0.29, 0.717) is 6.54 Å². The van der Waals surface area contributed by atoms with Crippen LogP contribution in [-0.4, -0.2) is 6.54 Å². The molecule has 2 N–H and O–H groups in total. The number of benzene rings is 1. The number of rotatable bonds is 1. The van der Waals surface area contributed by atoms with Crippen LogP contribution in [-0.2, 0) is 0 Å². The molecule has 1 nitrogen and oxygen atoms in total. The first kappa shape index (κ1) is 10.3. The molecule has 13 heavy (non-hydrogen) atoms. The Labute approximate surface area is 87.5 Å². The van der Waals surface area contributed by atoms with Crippen molar-refractivity contribution in [2.24, 2.45) is 5.73 Å². The summed E-state index contributed by atoms with van der Waals surface area (Å²) in [5.41, 5.74) is 7.60. The van der Waals surface area contributed by atoms with E-state index in [1.807, 2.05) is 6.07 Å². The Balaban J connectivity index is 2.89. The Morgan fingerprint density at radius 3 is 2.92 bits per heavy atom. The second-order valence-electron chi connectivity index (χ2n) is 2.82. The molecule has 0 spiro atoms. The van der Waals surface area contributed by atoms with Crippen LogP contribution in [0.1, 0.15) is 17.5 Å². The van der Waals surface area contributed by atoms with Crippen molar-refractivity contribution in [3.8, 4) is 11.8 Å². The van der Waals surface area contributed by atoms with Crippen LogP contribution in [0.25, 0.3) is 0 Å². The number of hydrogen-bond donors (Lipinski definition) is 1. The minimum Gasteiger partial charge on any atom is -0.330 e. The molecular formula is C11H12BrN. The third-order valence-electron chi connectivity index (χ3n) is 1.61. The average Bonchev–Trinajstić information content (AvgIpc) is 2.11. The largest absolute Gasteiger partial charge is 0.330 e. The molecule has 0 aliphatic carbocycles. The van der Waals surface area contributed by atoms with Crippen molar-refractivity contribution < 1.29 is 0 Å². The minimum absolute atomic E-state index is 0.621. The van der Waals surface area contributed by atoms with Crippen molar-refractivity contribution >= 4 is 15.9 Å². The van der Waals surface area contributed by atoms with Crippen LogP contribution >= 0.6 is 15.9 Å². The summed E-state index contributed by atoms with van der Waals surface area (Å²) in [5, 5.41) is 0. The lowest BCUT2D eigenvalue weighted by atomic mass is 10.1. The van der Waals surface area contributed by atoms with Crippen LogP contribution in [0.4, 0.5) is 0 Å². The fourth-order valence-electron chi connectivity index (χ4n) is 0.965. The quantitative estimate of drug-likeness (QED) is 0.747. The van der Waals surface area contributed by atoms with Crippen molar-refractivity contribution in [3.63, 3.8) is 0 Å². The maximum atomic E-state index is 5.35. The lowest BCUT2D eigenvalue weighted by Crippen LogP contribution is -1.95. The Morgan fingerprint density at radius 1 is 1.46 bits per heavy atom. The molecule has 0 amide bonds. The van der Waals surface area contributed by atoms with Gasteiger partial charge in [-0.05, 0) is 40.5 Å². The van der Waals surface area contributed by atoms with E-state index >= 15 is 0 Å². The Bertz CT molecular complexity index is 347. The van der Waals surface area contributed by atoms with Crippen molar-refractivity contribution in [1.29, 1.82) is 0 Å². The lowest BCUT2D eigenvalue weighted by Gasteiger charge is -1.97. The van der Waals surface area contributed by atoms with Crippen molar-refractivity contribution in [2.45, 2.75) is 13.3 Å². The van der Waals surface area contributed by atoms with Gasteiger partial charge in [-0.15, -0.1) is 0 Å².